The summed E-state index contributed by atoms with van der Waals surface area (Å²) in [5, 5.41) is 3.58. The molecule has 2 heterocycles. The first-order valence-electron chi connectivity index (χ1n) is 8.13. The number of para-hydroxylation sites is 1. The van der Waals surface area contributed by atoms with Gasteiger partial charge in [0.25, 0.3) is 0 Å². The molecular formula is C18H28N2. The standard InChI is InChI=1S/C18H28N2/c1-14-11-15-7-4-5-9-17(15)20(14)13-18(2,3)16-8-6-10-19-12-16/h4-5,7,9,14,16,19H,6,8,10-13H2,1-3H3. The summed E-state index contributed by atoms with van der Waals surface area (Å²) in [6.45, 7) is 10.9. The van der Waals surface area contributed by atoms with E-state index in [1.807, 2.05) is 0 Å². The highest BCUT2D eigenvalue weighted by Crippen LogP contribution is 2.38. The molecule has 2 heteroatoms. The van der Waals surface area contributed by atoms with Crippen molar-refractivity contribution in [2.75, 3.05) is 24.5 Å². The van der Waals surface area contributed by atoms with Crippen LogP contribution in [0.3, 0.4) is 0 Å². The molecule has 20 heavy (non-hydrogen) atoms. The minimum absolute atomic E-state index is 0.374. The fourth-order valence-electron chi connectivity index (χ4n) is 3.96. The lowest BCUT2D eigenvalue weighted by Crippen LogP contribution is -2.46. The molecule has 0 saturated carbocycles. The van der Waals surface area contributed by atoms with E-state index >= 15 is 0 Å². The Morgan fingerprint density at radius 3 is 2.85 bits per heavy atom. The number of nitrogens with one attached hydrogen (secondary N) is 1. The van der Waals surface area contributed by atoms with Crippen molar-refractivity contribution in [2.45, 2.75) is 46.1 Å². The van der Waals surface area contributed by atoms with Crippen molar-refractivity contribution in [3.63, 3.8) is 0 Å². The van der Waals surface area contributed by atoms with E-state index in [1.165, 1.54) is 50.1 Å². The highest BCUT2D eigenvalue weighted by atomic mass is 15.2. The second-order valence-electron chi connectivity index (χ2n) is 7.34. The van der Waals surface area contributed by atoms with Crippen molar-refractivity contribution in [3.8, 4) is 0 Å². The molecule has 0 radical (unpaired) electrons. The highest BCUT2D eigenvalue weighted by molar-refractivity contribution is 5.59. The number of fused-ring (bicyclic) bond motifs is 1. The third kappa shape index (κ3) is 2.58. The largest absolute Gasteiger partial charge is 0.368 e. The van der Waals surface area contributed by atoms with E-state index in [2.05, 4.69) is 55.3 Å². The second kappa shape index (κ2) is 5.40. The Balaban J connectivity index is 1.76. The van der Waals surface area contributed by atoms with Gasteiger partial charge in [0.1, 0.15) is 0 Å². The van der Waals surface area contributed by atoms with Crippen LogP contribution in [0.5, 0.6) is 0 Å². The number of rotatable bonds is 3. The van der Waals surface area contributed by atoms with E-state index in [0.29, 0.717) is 11.5 Å². The van der Waals surface area contributed by atoms with Crippen LogP contribution in [-0.2, 0) is 6.42 Å². The zero-order valence-electron chi connectivity index (χ0n) is 13.2. The lowest BCUT2D eigenvalue weighted by atomic mass is 9.74. The molecule has 1 fully saturated rings. The molecule has 2 aliphatic rings. The van der Waals surface area contributed by atoms with E-state index in [9.17, 15) is 0 Å². The smallest absolute Gasteiger partial charge is 0.0402 e. The Bertz CT molecular complexity index is 460. The molecule has 2 atom stereocenters. The maximum absolute atomic E-state index is 3.58. The predicted molar refractivity (Wildman–Crippen MR) is 86.3 cm³/mol. The molecule has 2 nitrogen and oxygen atoms in total. The van der Waals surface area contributed by atoms with E-state index in [-0.39, 0.29) is 0 Å². The zero-order valence-corrected chi connectivity index (χ0v) is 13.2. The van der Waals surface area contributed by atoms with Crippen LogP contribution >= 0.6 is 0 Å². The fraction of sp³-hybridized carbons (Fsp3) is 0.667. The van der Waals surface area contributed by atoms with Crippen LogP contribution in [0.25, 0.3) is 0 Å². The lowest BCUT2D eigenvalue weighted by Gasteiger charge is -2.42. The zero-order chi connectivity index (χ0) is 14.2. The van der Waals surface area contributed by atoms with Crippen LogP contribution < -0.4 is 10.2 Å². The van der Waals surface area contributed by atoms with Gasteiger partial charge in [0, 0.05) is 18.3 Å². The summed E-state index contributed by atoms with van der Waals surface area (Å²) < 4.78 is 0. The summed E-state index contributed by atoms with van der Waals surface area (Å²) in [4.78, 5) is 2.64. The molecule has 110 valence electrons. The summed E-state index contributed by atoms with van der Waals surface area (Å²) in [5.74, 6) is 0.802. The van der Waals surface area contributed by atoms with Crippen molar-refractivity contribution in [1.82, 2.24) is 5.32 Å². The molecular weight excluding hydrogens is 244 g/mol. The fourth-order valence-corrected chi connectivity index (χ4v) is 3.96. The van der Waals surface area contributed by atoms with Gasteiger partial charge in [0.05, 0.1) is 0 Å². The average Bonchev–Trinajstić information content (AvgIpc) is 2.76. The molecule has 1 aromatic rings. The van der Waals surface area contributed by atoms with Crippen LogP contribution in [0.1, 0.15) is 39.2 Å². The Morgan fingerprint density at radius 2 is 2.10 bits per heavy atom. The van der Waals surface area contributed by atoms with Crippen LogP contribution in [0.15, 0.2) is 24.3 Å². The van der Waals surface area contributed by atoms with Crippen molar-refractivity contribution >= 4 is 5.69 Å². The molecule has 0 spiro atoms. The number of hydrogen-bond donors (Lipinski definition) is 1. The summed E-state index contributed by atoms with van der Waals surface area (Å²) in [7, 11) is 0. The van der Waals surface area contributed by atoms with Gasteiger partial charge in [0.2, 0.25) is 0 Å². The maximum Gasteiger partial charge on any atom is 0.0402 e. The summed E-state index contributed by atoms with van der Waals surface area (Å²) in [6.07, 6.45) is 3.92. The number of nitrogens with zero attached hydrogens (tertiary/aromatic N) is 1. The van der Waals surface area contributed by atoms with Gasteiger partial charge >= 0.3 is 0 Å². The highest BCUT2D eigenvalue weighted by Gasteiger charge is 2.36. The van der Waals surface area contributed by atoms with Gasteiger partial charge in [-0.3, -0.25) is 0 Å². The first-order chi connectivity index (χ1) is 9.58. The first-order valence-corrected chi connectivity index (χ1v) is 8.13. The molecule has 1 aromatic carbocycles. The minimum atomic E-state index is 0.374. The number of anilines is 1. The van der Waals surface area contributed by atoms with Crippen LogP contribution in [-0.4, -0.2) is 25.7 Å². The Hall–Kier alpha value is -1.02. The molecule has 0 amide bonds. The molecule has 2 aliphatic heterocycles. The molecule has 1 saturated heterocycles. The van der Waals surface area contributed by atoms with Gasteiger partial charge in [-0.2, -0.15) is 0 Å². The van der Waals surface area contributed by atoms with Crippen molar-refractivity contribution in [3.05, 3.63) is 29.8 Å². The molecule has 0 aliphatic carbocycles. The Labute approximate surface area is 123 Å². The second-order valence-corrected chi connectivity index (χ2v) is 7.34. The van der Waals surface area contributed by atoms with Gasteiger partial charge in [0.15, 0.2) is 0 Å². The molecule has 0 bridgehead atoms. The average molecular weight is 272 g/mol. The molecule has 2 unspecified atom stereocenters. The van der Waals surface area contributed by atoms with Crippen LogP contribution in [0.4, 0.5) is 5.69 Å². The summed E-state index contributed by atoms with van der Waals surface area (Å²) in [5.41, 5.74) is 3.37. The number of piperidine rings is 1. The van der Waals surface area contributed by atoms with Gasteiger partial charge < -0.3 is 10.2 Å². The molecule has 1 N–H and O–H groups in total. The van der Waals surface area contributed by atoms with Crippen molar-refractivity contribution in [1.29, 1.82) is 0 Å². The van der Waals surface area contributed by atoms with Gasteiger partial charge in [-0.25, -0.2) is 0 Å². The Morgan fingerprint density at radius 1 is 1.30 bits per heavy atom. The van der Waals surface area contributed by atoms with Gasteiger partial charge in [-0.15, -0.1) is 0 Å². The third-order valence-corrected chi connectivity index (χ3v) is 5.33. The van der Waals surface area contributed by atoms with Crippen molar-refractivity contribution < 1.29 is 0 Å². The SMILES string of the molecule is CC1Cc2ccccc2N1CC(C)(C)C1CCCNC1. The predicted octanol–water partition coefficient (Wildman–Crippen LogP) is 3.46. The number of hydrogen-bond acceptors (Lipinski definition) is 2. The third-order valence-electron chi connectivity index (χ3n) is 5.33. The van der Waals surface area contributed by atoms with E-state index < -0.39 is 0 Å². The van der Waals surface area contributed by atoms with Gasteiger partial charge in [-0.1, -0.05) is 32.0 Å². The van der Waals surface area contributed by atoms with Crippen LogP contribution in [0, 0.1) is 11.3 Å². The van der Waals surface area contributed by atoms with E-state index in [4.69, 9.17) is 0 Å². The minimum Gasteiger partial charge on any atom is -0.368 e. The topological polar surface area (TPSA) is 15.3 Å². The first kappa shape index (κ1) is 13.9. The monoisotopic (exact) mass is 272 g/mol. The van der Waals surface area contributed by atoms with Crippen molar-refractivity contribution in [2.24, 2.45) is 11.3 Å². The summed E-state index contributed by atoms with van der Waals surface area (Å²) in [6, 6.07) is 9.59. The lowest BCUT2D eigenvalue weighted by molar-refractivity contribution is 0.174. The van der Waals surface area contributed by atoms with E-state index in [0.717, 1.165) is 5.92 Å². The number of benzene rings is 1. The molecule has 0 aromatic heterocycles. The van der Waals surface area contributed by atoms with Gasteiger partial charge in [-0.05, 0) is 62.2 Å². The quantitative estimate of drug-likeness (QED) is 0.906. The Kier molecular flexibility index (Phi) is 3.76. The summed E-state index contributed by atoms with van der Waals surface area (Å²) >= 11 is 0. The van der Waals surface area contributed by atoms with E-state index in [1.54, 1.807) is 0 Å². The maximum atomic E-state index is 3.58. The normalized spacial score (nSPS) is 26.6. The van der Waals surface area contributed by atoms with Crippen LogP contribution in [0.2, 0.25) is 0 Å². The molecule has 3 rings (SSSR count).